The van der Waals surface area contributed by atoms with Gasteiger partial charge in [-0.3, -0.25) is 14.5 Å². The average molecular weight is 442 g/mol. The molecule has 0 saturated carbocycles. The Morgan fingerprint density at radius 2 is 1.97 bits per heavy atom. The second-order valence-corrected chi connectivity index (χ2v) is 10.1. The Morgan fingerprint density at radius 1 is 1.16 bits per heavy atom. The molecule has 2 aromatic heterocycles. The number of aromatic nitrogens is 3. The number of likely N-dealkylation sites (tertiary alicyclic amines) is 1. The number of fused-ring (bicyclic) bond motifs is 1. The lowest BCUT2D eigenvalue weighted by Crippen LogP contribution is -2.48. The van der Waals surface area contributed by atoms with E-state index in [9.17, 15) is 9.59 Å². The molecule has 2 aliphatic rings. The van der Waals surface area contributed by atoms with Crippen LogP contribution in [0.25, 0.3) is 0 Å². The van der Waals surface area contributed by atoms with Crippen molar-refractivity contribution in [1.29, 1.82) is 0 Å². The number of nitrogens with one attached hydrogen (secondary N) is 1. The highest BCUT2D eigenvalue weighted by Crippen LogP contribution is 2.24. The van der Waals surface area contributed by atoms with Gasteiger partial charge in [-0.1, -0.05) is 32.3 Å². The Bertz CT molecular complexity index is 1000. The summed E-state index contributed by atoms with van der Waals surface area (Å²) in [5, 5.41) is 11.7. The lowest BCUT2D eigenvalue weighted by Gasteiger charge is -2.35. The molecule has 1 N–H and O–H groups in total. The number of rotatable bonds is 6. The molecule has 3 heterocycles. The summed E-state index contributed by atoms with van der Waals surface area (Å²) >= 11 is 0. The molecule has 8 heteroatoms. The number of piperidine rings is 1. The Hall–Kier alpha value is -2.48. The molecule has 1 aliphatic heterocycles. The van der Waals surface area contributed by atoms with E-state index in [1.807, 2.05) is 6.07 Å². The summed E-state index contributed by atoms with van der Waals surface area (Å²) in [5.74, 6) is 0.731. The first-order valence-corrected chi connectivity index (χ1v) is 11.9. The van der Waals surface area contributed by atoms with Crippen molar-refractivity contribution in [2.75, 3.05) is 19.6 Å². The van der Waals surface area contributed by atoms with E-state index in [1.165, 1.54) is 0 Å². The molecular formula is C24H35N5O3. The van der Waals surface area contributed by atoms with Gasteiger partial charge in [0.15, 0.2) is 5.69 Å². The number of amides is 1. The highest BCUT2D eigenvalue weighted by Gasteiger charge is 2.27. The van der Waals surface area contributed by atoms with Gasteiger partial charge in [0.1, 0.15) is 5.76 Å². The zero-order valence-electron chi connectivity index (χ0n) is 19.5. The van der Waals surface area contributed by atoms with Crippen molar-refractivity contribution in [2.24, 2.45) is 0 Å². The van der Waals surface area contributed by atoms with Crippen LogP contribution in [0, 0.1) is 0 Å². The van der Waals surface area contributed by atoms with Gasteiger partial charge in [0.25, 0.3) is 11.5 Å². The second-order valence-electron chi connectivity index (χ2n) is 10.1. The fourth-order valence-electron chi connectivity index (χ4n) is 4.68. The Balaban J connectivity index is 1.37. The summed E-state index contributed by atoms with van der Waals surface area (Å²) < 4.78 is 6.97. The lowest BCUT2D eigenvalue weighted by molar-refractivity contribution is 0.0899. The third-order valence-corrected chi connectivity index (χ3v) is 6.65. The predicted molar refractivity (Wildman–Crippen MR) is 122 cm³/mol. The van der Waals surface area contributed by atoms with E-state index in [1.54, 1.807) is 10.7 Å². The molecule has 1 atom stereocenters. The van der Waals surface area contributed by atoms with Crippen molar-refractivity contribution in [2.45, 2.75) is 83.7 Å². The van der Waals surface area contributed by atoms with Crippen molar-refractivity contribution in [3.8, 4) is 0 Å². The van der Waals surface area contributed by atoms with E-state index in [0.29, 0.717) is 18.8 Å². The molecule has 0 aromatic carbocycles. The summed E-state index contributed by atoms with van der Waals surface area (Å²) in [6.07, 6.45) is 7.22. The SMILES string of the molecule is CC(C)(C)c1ccc(=O)n(CCN2CCCCC2CNC(=O)c2noc3c2CCCC3)n1. The van der Waals surface area contributed by atoms with Crippen LogP contribution in [0.15, 0.2) is 21.5 Å². The normalized spacial score (nSPS) is 19.5. The molecule has 1 fully saturated rings. The van der Waals surface area contributed by atoms with E-state index >= 15 is 0 Å². The van der Waals surface area contributed by atoms with Gasteiger partial charge in [0, 0.05) is 42.6 Å². The minimum absolute atomic E-state index is 0.0735. The van der Waals surface area contributed by atoms with Crippen molar-refractivity contribution in [3.05, 3.63) is 45.2 Å². The van der Waals surface area contributed by atoms with Gasteiger partial charge in [0.2, 0.25) is 0 Å². The van der Waals surface area contributed by atoms with Crippen LogP contribution in [-0.2, 0) is 24.8 Å². The summed E-state index contributed by atoms with van der Waals surface area (Å²) in [6, 6.07) is 3.68. The van der Waals surface area contributed by atoms with E-state index in [2.05, 4.69) is 41.2 Å². The lowest BCUT2D eigenvalue weighted by atomic mass is 9.92. The molecule has 174 valence electrons. The molecule has 0 radical (unpaired) electrons. The van der Waals surface area contributed by atoms with Gasteiger partial charge in [-0.15, -0.1) is 0 Å². The molecule has 32 heavy (non-hydrogen) atoms. The quantitative estimate of drug-likeness (QED) is 0.741. The zero-order chi connectivity index (χ0) is 22.7. The monoisotopic (exact) mass is 441 g/mol. The largest absolute Gasteiger partial charge is 0.360 e. The number of carbonyl (C=O) groups is 1. The average Bonchev–Trinajstić information content (AvgIpc) is 3.21. The maximum absolute atomic E-state index is 12.8. The Kier molecular flexibility index (Phi) is 6.79. The first kappa shape index (κ1) is 22.7. The molecule has 2 aromatic rings. The van der Waals surface area contributed by atoms with Crippen LogP contribution < -0.4 is 10.9 Å². The number of hydrogen-bond acceptors (Lipinski definition) is 6. The predicted octanol–water partition coefficient (Wildman–Crippen LogP) is 2.69. The molecule has 1 saturated heterocycles. The summed E-state index contributed by atoms with van der Waals surface area (Å²) in [4.78, 5) is 27.5. The minimum atomic E-state index is -0.141. The Labute approximate surface area is 189 Å². The highest BCUT2D eigenvalue weighted by atomic mass is 16.5. The molecular weight excluding hydrogens is 406 g/mol. The third-order valence-electron chi connectivity index (χ3n) is 6.65. The number of aryl methyl sites for hydroxylation is 1. The summed E-state index contributed by atoms with van der Waals surface area (Å²) in [7, 11) is 0. The molecule has 1 aliphatic carbocycles. The second kappa shape index (κ2) is 9.57. The Morgan fingerprint density at radius 3 is 2.78 bits per heavy atom. The highest BCUT2D eigenvalue weighted by molar-refractivity contribution is 5.93. The molecule has 0 spiro atoms. The van der Waals surface area contributed by atoms with E-state index in [-0.39, 0.29) is 22.9 Å². The molecule has 1 unspecified atom stereocenters. The van der Waals surface area contributed by atoms with Crippen LogP contribution in [0.5, 0.6) is 0 Å². The van der Waals surface area contributed by atoms with Crippen LogP contribution in [0.4, 0.5) is 0 Å². The maximum Gasteiger partial charge on any atom is 0.273 e. The van der Waals surface area contributed by atoms with Gasteiger partial charge < -0.3 is 9.84 Å². The zero-order valence-corrected chi connectivity index (χ0v) is 19.5. The molecule has 4 rings (SSSR count). The van der Waals surface area contributed by atoms with Gasteiger partial charge in [-0.25, -0.2) is 4.68 Å². The smallest absolute Gasteiger partial charge is 0.273 e. The minimum Gasteiger partial charge on any atom is -0.360 e. The standard InChI is InChI=1S/C24H35N5O3/c1-24(2,3)20-11-12-21(30)29(26-20)15-14-28-13-7-6-8-17(28)16-25-23(31)22-18-9-4-5-10-19(18)32-27-22/h11-12,17H,4-10,13-16H2,1-3H3,(H,25,31). The number of carbonyl (C=O) groups excluding carboxylic acids is 1. The summed E-state index contributed by atoms with van der Waals surface area (Å²) in [5.41, 5.74) is 2.18. The van der Waals surface area contributed by atoms with Gasteiger partial charge in [-0.2, -0.15) is 5.10 Å². The van der Waals surface area contributed by atoms with Crippen molar-refractivity contribution in [3.63, 3.8) is 0 Å². The fourth-order valence-corrected chi connectivity index (χ4v) is 4.68. The molecule has 1 amide bonds. The fraction of sp³-hybridized carbons (Fsp3) is 0.667. The van der Waals surface area contributed by atoms with Gasteiger partial charge in [-0.05, 0) is 44.7 Å². The number of hydrogen-bond donors (Lipinski definition) is 1. The third kappa shape index (κ3) is 5.11. The van der Waals surface area contributed by atoms with Crippen molar-refractivity contribution >= 4 is 5.91 Å². The van der Waals surface area contributed by atoms with E-state index in [0.717, 1.165) is 75.1 Å². The molecule has 8 nitrogen and oxygen atoms in total. The van der Waals surface area contributed by atoms with Crippen LogP contribution in [0.3, 0.4) is 0 Å². The van der Waals surface area contributed by atoms with Crippen LogP contribution in [-0.4, -0.2) is 51.4 Å². The first-order chi connectivity index (χ1) is 15.3. The van der Waals surface area contributed by atoms with Crippen LogP contribution >= 0.6 is 0 Å². The van der Waals surface area contributed by atoms with Crippen LogP contribution in [0.1, 0.15) is 80.4 Å². The van der Waals surface area contributed by atoms with Crippen molar-refractivity contribution < 1.29 is 9.32 Å². The van der Waals surface area contributed by atoms with Crippen LogP contribution in [0.2, 0.25) is 0 Å². The topological polar surface area (TPSA) is 93.3 Å². The van der Waals surface area contributed by atoms with Gasteiger partial charge in [0.05, 0.1) is 12.2 Å². The maximum atomic E-state index is 12.8. The number of nitrogens with zero attached hydrogens (tertiary/aromatic N) is 4. The summed E-state index contributed by atoms with van der Waals surface area (Å²) in [6.45, 7) is 9.11. The van der Waals surface area contributed by atoms with E-state index in [4.69, 9.17) is 4.52 Å². The molecule has 0 bridgehead atoms. The first-order valence-electron chi connectivity index (χ1n) is 11.9. The van der Waals surface area contributed by atoms with Gasteiger partial charge >= 0.3 is 0 Å². The van der Waals surface area contributed by atoms with E-state index < -0.39 is 0 Å². The van der Waals surface area contributed by atoms with Crippen molar-refractivity contribution in [1.82, 2.24) is 25.2 Å².